The standard InChI is InChI=1S/C22H26N2O5S/c1-16-10-12-19(13-11-16)30(27,28)23(3)15-21(25)29-17(2)22(26)24-14-6-8-18-7-4-5-9-20(18)24/h4-5,7,9-13,17H,6,8,14-15H2,1-3H3/t17-/m1/s1. The molecule has 2 aromatic rings. The largest absolute Gasteiger partial charge is 0.452 e. The molecule has 0 fully saturated rings. The second-order valence-electron chi connectivity index (χ2n) is 7.43. The lowest BCUT2D eigenvalue weighted by atomic mass is 10.0. The maximum atomic E-state index is 12.8. The zero-order valence-electron chi connectivity index (χ0n) is 17.4. The average Bonchev–Trinajstić information content (AvgIpc) is 2.72. The van der Waals surface area contributed by atoms with Crippen molar-refractivity contribution in [1.29, 1.82) is 0 Å². The molecule has 8 heteroatoms. The maximum absolute atomic E-state index is 12.8. The summed E-state index contributed by atoms with van der Waals surface area (Å²) >= 11 is 0. The highest BCUT2D eigenvalue weighted by Gasteiger charge is 2.30. The monoisotopic (exact) mass is 430 g/mol. The van der Waals surface area contributed by atoms with Gasteiger partial charge in [-0.05, 0) is 50.5 Å². The minimum atomic E-state index is -3.83. The highest BCUT2D eigenvalue weighted by atomic mass is 32.2. The van der Waals surface area contributed by atoms with Crippen molar-refractivity contribution < 1.29 is 22.7 Å². The second kappa shape index (κ2) is 8.97. The molecular formula is C22H26N2O5S. The number of amides is 1. The Morgan fingerprint density at radius 1 is 1.13 bits per heavy atom. The molecule has 0 aromatic heterocycles. The van der Waals surface area contributed by atoms with Crippen LogP contribution in [-0.2, 0) is 30.8 Å². The van der Waals surface area contributed by atoms with Crippen molar-refractivity contribution in [2.75, 3.05) is 25.0 Å². The van der Waals surface area contributed by atoms with Crippen LogP contribution in [0.4, 0.5) is 5.69 Å². The van der Waals surface area contributed by atoms with Crippen LogP contribution in [0.2, 0.25) is 0 Å². The van der Waals surface area contributed by atoms with Crippen LogP contribution >= 0.6 is 0 Å². The van der Waals surface area contributed by atoms with Gasteiger partial charge in [0.2, 0.25) is 10.0 Å². The van der Waals surface area contributed by atoms with Gasteiger partial charge in [0, 0.05) is 19.3 Å². The molecule has 1 amide bonds. The van der Waals surface area contributed by atoms with E-state index in [-0.39, 0.29) is 10.8 Å². The first-order valence-corrected chi connectivity index (χ1v) is 11.3. The van der Waals surface area contributed by atoms with Crippen LogP contribution < -0.4 is 4.90 Å². The molecule has 0 saturated heterocycles. The Morgan fingerprint density at radius 2 is 1.80 bits per heavy atom. The second-order valence-corrected chi connectivity index (χ2v) is 9.47. The minimum absolute atomic E-state index is 0.0949. The van der Waals surface area contributed by atoms with Crippen molar-refractivity contribution in [1.82, 2.24) is 4.31 Å². The maximum Gasteiger partial charge on any atom is 0.322 e. The lowest BCUT2D eigenvalue weighted by Crippen LogP contribution is -2.44. The van der Waals surface area contributed by atoms with Crippen LogP contribution in [-0.4, -0.2) is 50.8 Å². The van der Waals surface area contributed by atoms with Gasteiger partial charge in [0.1, 0.15) is 6.54 Å². The number of hydrogen-bond donors (Lipinski definition) is 0. The van der Waals surface area contributed by atoms with Gasteiger partial charge in [-0.2, -0.15) is 4.31 Å². The molecule has 0 unspecified atom stereocenters. The molecule has 0 N–H and O–H groups in total. The van der Waals surface area contributed by atoms with E-state index in [4.69, 9.17) is 4.74 Å². The van der Waals surface area contributed by atoms with E-state index in [9.17, 15) is 18.0 Å². The molecule has 0 saturated carbocycles. The number of rotatable bonds is 6. The molecule has 30 heavy (non-hydrogen) atoms. The van der Waals surface area contributed by atoms with Crippen LogP contribution in [0.1, 0.15) is 24.5 Å². The number of aryl methyl sites for hydroxylation is 2. The summed E-state index contributed by atoms with van der Waals surface area (Å²) in [7, 11) is -2.52. The third-order valence-electron chi connectivity index (χ3n) is 5.11. The smallest absolute Gasteiger partial charge is 0.322 e. The van der Waals surface area contributed by atoms with Gasteiger partial charge in [0.25, 0.3) is 5.91 Å². The summed E-state index contributed by atoms with van der Waals surface area (Å²) in [6.07, 6.45) is 0.718. The highest BCUT2D eigenvalue weighted by Crippen LogP contribution is 2.27. The summed E-state index contributed by atoms with van der Waals surface area (Å²) in [5.74, 6) is -1.10. The van der Waals surface area contributed by atoms with Crippen LogP contribution in [0.5, 0.6) is 0 Å². The summed E-state index contributed by atoms with van der Waals surface area (Å²) in [5, 5.41) is 0. The van der Waals surface area contributed by atoms with Crippen LogP contribution in [0.15, 0.2) is 53.4 Å². The third kappa shape index (κ3) is 4.71. The first-order valence-electron chi connectivity index (χ1n) is 9.82. The van der Waals surface area contributed by atoms with E-state index in [1.807, 2.05) is 31.2 Å². The summed E-state index contributed by atoms with van der Waals surface area (Å²) in [4.78, 5) is 26.9. The Balaban J connectivity index is 1.63. The number of carbonyl (C=O) groups is 2. The van der Waals surface area contributed by atoms with Crippen molar-refractivity contribution in [2.45, 2.75) is 37.7 Å². The number of anilines is 1. The zero-order valence-corrected chi connectivity index (χ0v) is 18.2. The molecule has 0 bridgehead atoms. The Labute approximate surface area is 177 Å². The van der Waals surface area contributed by atoms with Gasteiger partial charge in [0.05, 0.1) is 4.90 Å². The van der Waals surface area contributed by atoms with Gasteiger partial charge in [-0.3, -0.25) is 9.59 Å². The molecule has 0 aliphatic carbocycles. The van der Waals surface area contributed by atoms with Gasteiger partial charge in [0.15, 0.2) is 6.10 Å². The fourth-order valence-corrected chi connectivity index (χ4v) is 4.54. The number of likely N-dealkylation sites (N-methyl/N-ethyl adjacent to an activating group) is 1. The molecule has 7 nitrogen and oxygen atoms in total. The number of nitrogens with zero attached hydrogens (tertiary/aromatic N) is 2. The SMILES string of the molecule is Cc1ccc(S(=O)(=O)N(C)CC(=O)O[C@H](C)C(=O)N2CCCc3ccccc32)cc1. The predicted molar refractivity (Wildman–Crippen MR) is 114 cm³/mol. The van der Waals surface area contributed by atoms with Crippen LogP contribution in [0.25, 0.3) is 0 Å². The molecule has 1 aliphatic rings. The van der Waals surface area contributed by atoms with Crippen LogP contribution in [0.3, 0.4) is 0 Å². The lowest BCUT2D eigenvalue weighted by Gasteiger charge is -2.31. The summed E-state index contributed by atoms with van der Waals surface area (Å²) in [6, 6.07) is 14.0. The van der Waals surface area contributed by atoms with Crippen molar-refractivity contribution in [3.8, 4) is 0 Å². The minimum Gasteiger partial charge on any atom is -0.452 e. The molecule has 0 radical (unpaired) electrons. The Hall–Kier alpha value is -2.71. The summed E-state index contributed by atoms with van der Waals surface area (Å²) in [5.41, 5.74) is 2.85. The van der Waals surface area contributed by atoms with Crippen molar-refractivity contribution >= 4 is 27.6 Å². The predicted octanol–water partition coefficient (Wildman–Crippen LogP) is 2.53. The Morgan fingerprint density at radius 3 is 2.50 bits per heavy atom. The molecule has 1 atom stereocenters. The van der Waals surface area contributed by atoms with E-state index in [1.165, 1.54) is 26.1 Å². The Bertz CT molecular complexity index is 1030. The van der Waals surface area contributed by atoms with Crippen molar-refractivity contribution in [2.24, 2.45) is 0 Å². The highest BCUT2D eigenvalue weighted by molar-refractivity contribution is 7.89. The molecule has 2 aromatic carbocycles. The summed E-state index contributed by atoms with van der Waals surface area (Å²) < 4.78 is 31.4. The van der Waals surface area contributed by atoms with E-state index >= 15 is 0 Å². The number of esters is 1. The van der Waals surface area contributed by atoms with Gasteiger partial charge in [-0.1, -0.05) is 35.9 Å². The number of sulfonamides is 1. The number of carbonyl (C=O) groups excluding carboxylic acids is 2. The molecule has 1 heterocycles. The number of fused-ring (bicyclic) bond motifs is 1. The van der Waals surface area contributed by atoms with Gasteiger partial charge in [-0.15, -0.1) is 0 Å². The first kappa shape index (κ1) is 22.0. The number of hydrogen-bond acceptors (Lipinski definition) is 5. The Kier molecular flexibility index (Phi) is 6.58. The molecule has 1 aliphatic heterocycles. The van der Waals surface area contributed by atoms with Crippen molar-refractivity contribution in [3.63, 3.8) is 0 Å². The number of ether oxygens (including phenoxy) is 1. The number of benzene rings is 2. The van der Waals surface area contributed by atoms with E-state index < -0.39 is 28.6 Å². The molecule has 160 valence electrons. The van der Waals surface area contributed by atoms with E-state index in [1.54, 1.807) is 17.0 Å². The number of para-hydroxylation sites is 1. The molecular weight excluding hydrogens is 404 g/mol. The normalized spacial score (nSPS) is 14.9. The molecule has 0 spiro atoms. The fraction of sp³-hybridized carbons (Fsp3) is 0.364. The molecule has 3 rings (SSSR count). The van der Waals surface area contributed by atoms with Crippen LogP contribution in [0, 0.1) is 6.92 Å². The van der Waals surface area contributed by atoms with Crippen molar-refractivity contribution in [3.05, 3.63) is 59.7 Å². The topological polar surface area (TPSA) is 84.0 Å². The average molecular weight is 431 g/mol. The van der Waals surface area contributed by atoms with Gasteiger partial charge < -0.3 is 9.64 Å². The van der Waals surface area contributed by atoms with E-state index in [0.29, 0.717) is 6.54 Å². The third-order valence-corrected chi connectivity index (χ3v) is 6.93. The van der Waals surface area contributed by atoms with Gasteiger partial charge in [-0.25, -0.2) is 8.42 Å². The lowest BCUT2D eigenvalue weighted by molar-refractivity contribution is -0.153. The van der Waals surface area contributed by atoms with E-state index in [0.717, 1.165) is 34.0 Å². The quantitative estimate of drug-likeness (QED) is 0.658. The summed E-state index contributed by atoms with van der Waals surface area (Å²) in [6.45, 7) is 3.44. The van der Waals surface area contributed by atoms with Gasteiger partial charge >= 0.3 is 5.97 Å². The first-order chi connectivity index (χ1) is 14.2. The zero-order chi connectivity index (χ0) is 21.9. The van der Waals surface area contributed by atoms with E-state index in [2.05, 4.69) is 0 Å². The fourth-order valence-electron chi connectivity index (χ4n) is 3.42.